The molecule has 15 aromatic heterocycles. The van der Waals surface area contributed by atoms with Crippen LogP contribution in [0.4, 0.5) is 28.6 Å². The van der Waals surface area contributed by atoms with E-state index in [9.17, 15) is 24.1 Å². The predicted molar refractivity (Wildman–Crippen MR) is 428 cm³/mol. The molecule has 0 saturated heterocycles. The standard InChI is InChI=1S/C18H21N7O2S.C18H21N7.C15H18N6O3.C13H16N6O.C9H8N6.CO2.ClH.Na.H2O/c19-8-7-15(13-4-1-2-5-13)25-11-14(10-21-25)18-16-6-3-9-24(16)23-17(22-18)12-28(20,26)27;1-20-18-22-17(16-7-4-10-24(16)23-18)14-11-21-25(12-14)15(8-9-19)13-5-2-3-6-13;1-4-24-10(2)21-9-11(8-16-21)13-12-6-5-7-20(12)19-14(17-13)18-15(22)23-3;1-3-20-9(2)19-8-10(7-15-19)12-11-5-4-6-18(11)17-13(14)16-12;10-9-13-8(6-4-11-12-5-6)7-2-1-3-15(7)14-9;2-1-3;;;/h3,6,9-11,13,15H,1-2,4-5,7,12H2,(H2,20,26,27);4,7,10-13,15H,2-3,5-6,8H2,1H3,(H,20,23);5-10H,4H2,1-3H3,(H,18,19,22);4-9H,3H2,1-2H3,(H2,14,17);1-5H,(H2,10,14)(H,11,12);;1H;;1H2/q;;;;;;;+1;/p-1. The Kier molecular flexibility index (Phi) is 31.5. The summed E-state index contributed by atoms with van der Waals surface area (Å²) in [6.45, 7) is 8.98. The van der Waals surface area contributed by atoms with Crippen molar-refractivity contribution in [3.05, 3.63) is 159 Å². The number of fused-ring (bicyclic) bond motifs is 5. The molecule has 0 bridgehead atoms. The van der Waals surface area contributed by atoms with Crippen LogP contribution in [0.5, 0.6) is 0 Å². The van der Waals surface area contributed by atoms with E-state index in [1.165, 1.54) is 45.6 Å². The van der Waals surface area contributed by atoms with Crippen LogP contribution in [-0.2, 0) is 39.6 Å². The zero-order valence-corrected chi connectivity index (χ0v) is 69.1. The van der Waals surface area contributed by atoms with Gasteiger partial charge in [0, 0.05) is 110 Å². The van der Waals surface area contributed by atoms with Crippen LogP contribution in [0.25, 0.3) is 83.9 Å². The molecule has 15 heterocycles. The summed E-state index contributed by atoms with van der Waals surface area (Å²) in [5.41, 5.74) is 23.5. The fourth-order valence-corrected chi connectivity index (χ4v) is 14.3. The molecule has 41 nitrogen and oxygen atoms in total. The summed E-state index contributed by atoms with van der Waals surface area (Å²) < 4.78 is 59.5. The van der Waals surface area contributed by atoms with Crippen molar-refractivity contribution in [1.82, 2.24) is 122 Å². The monoisotopic (exact) mass is 1660 g/mol. The molecule has 2 fully saturated rings. The number of nitrogen functional groups attached to an aromatic ring is 2. The third-order valence-corrected chi connectivity index (χ3v) is 19.6. The first-order chi connectivity index (χ1) is 55.8. The maximum absolute atomic E-state index is 11.5. The van der Waals surface area contributed by atoms with Gasteiger partial charge in [0.15, 0.2) is 15.8 Å². The Balaban J connectivity index is 0.000000167. The molecule has 610 valence electrons. The van der Waals surface area contributed by atoms with Crippen molar-refractivity contribution < 1.29 is 72.4 Å². The van der Waals surface area contributed by atoms with Gasteiger partial charge in [-0.3, -0.25) is 19.8 Å². The number of nitriles is 2. The topological polar surface area (TPSA) is 545 Å². The van der Waals surface area contributed by atoms with E-state index in [2.05, 4.69) is 109 Å². The fraction of sp³-hybridized carbons (Fsp3) is 0.338. The van der Waals surface area contributed by atoms with Gasteiger partial charge in [-0.2, -0.15) is 50.7 Å². The summed E-state index contributed by atoms with van der Waals surface area (Å²) in [5.74, 6) is 1.86. The molecule has 5 unspecified atom stereocenters. The molecule has 2 aliphatic rings. The van der Waals surface area contributed by atoms with Crippen molar-refractivity contribution in [3.63, 3.8) is 0 Å². The number of nitrogens with one attached hydrogen (secondary N) is 4. The molecule has 2 aliphatic carbocycles. The van der Waals surface area contributed by atoms with Gasteiger partial charge in [0.25, 0.3) is 5.95 Å². The molecule has 118 heavy (non-hydrogen) atoms. The van der Waals surface area contributed by atoms with E-state index >= 15 is 0 Å². The third-order valence-electron chi connectivity index (χ3n) is 19.0. The number of halogens is 1. The minimum atomic E-state index is -3.75. The summed E-state index contributed by atoms with van der Waals surface area (Å²) in [6.07, 6.45) is 36.9. The first kappa shape index (κ1) is 89.2. The number of rotatable bonds is 21. The number of methoxy groups -OCH3 is 1. The number of aromatic amines is 1. The second-order valence-electron chi connectivity index (χ2n) is 26.4. The summed E-state index contributed by atoms with van der Waals surface area (Å²) in [6, 6.07) is 23.8. The van der Waals surface area contributed by atoms with Crippen molar-refractivity contribution in [2.45, 2.75) is 122 Å². The van der Waals surface area contributed by atoms with E-state index in [1.54, 1.807) is 77.9 Å². The van der Waals surface area contributed by atoms with Gasteiger partial charge >= 0.3 is 41.8 Å². The number of aromatic nitrogens is 25. The number of hydrogen-bond donors (Lipinski definition) is 7. The predicted octanol–water partition coefficient (Wildman–Crippen LogP) is 7.96. The van der Waals surface area contributed by atoms with Gasteiger partial charge in [-0.15, -0.1) is 32.8 Å². The van der Waals surface area contributed by atoms with E-state index in [0.717, 1.165) is 85.3 Å². The van der Waals surface area contributed by atoms with Gasteiger partial charge in [0.1, 0.15) is 46.7 Å². The minimum absolute atomic E-state index is 0. The van der Waals surface area contributed by atoms with Crippen LogP contribution in [0.3, 0.4) is 0 Å². The van der Waals surface area contributed by atoms with Gasteiger partial charge in [-0.05, 0) is 126 Å². The van der Waals surface area contributed by atoms with Gasteiger partial charge in [-0.1, -0.05) is 25.7 Å². The van der Waals surface area contributed by atoms with Crippen LogP contribution in [0.15, 0.2) is 154 Å². The molecule has 15 aromatic rings. The van der Waals surface area contributed by atoms with E-state index in [4.69, 9.17) is 35.3 Å². The van der Waals surface area contributed by atoms with Gasteiger partial charge in [0.2, 0.25) is 17.8 Å². The minimum Gasteiger partial charge on any atom is -0.870 e. The second-order valence-corrected chi connectivity index (χ2v) is 28.0. The molecule has 5 atom stereocenters. The first-order valence-electron chi connectivity index (χ1n) is 36.7. The number of carbonyl (C=O) groups is 1. The van der Waals surface area contributed by atoms with E-state index in [0.29, 0.717) is 55.2 Å². The maximum atomic E-state index is 11.5. The van der Waals surface area contributed by atoms with Crippen LogP contribution in [0.1, 0.15) is 122 Å². The van der Waals surface area contributed by atoms with Crippen LogP contribution in [0, 0.1) is 39.3 Å². The fourth-order valence-electron chi connectivity index (χ4n) is 13.8. The zero-order valence-electron chi connectivity index (χ0n) is 65.4. The number of nitrogens with two attached hydrogens (primary N) is 2. The third kappa shape index (κ3) is 21.7. The number of anilines is 4. The van der Waals surface area contributed by atoms with Gasteiger partial charge in [0.05, 0.1) is 103 Å². The maximum Gasteiger partial charge on any atom is 1.00 e. The van der Waals surface area contributed by atoms with Crippen molar-refractivity contribution in [1.29, 1.82) is 15.3 Å². The van der Waals surface area contributed by atoms with Crippen molar-refractivity contribution in [3.8, 4) is 68.4 Å². The smallest absolute Gasteiger partial charge is 0.870 e. The summed E-state index contributed by atoms with van der Waals surface area (Å²) >= 11 is 0. The average Bonchev–Trinajstić information content (AvgIpc) is 1.64. The molecule has 1 amide bonds. The van der Waals surface area contributed by atoms with E-state index < -0.39 is 21.9 Å². The Morgan fingerprint density at radius 3 is 1.31 bits per heavy atom. The number of nitrogens with zero attached hydrogens (tertiary/aromatic N) is 26. The Morgan fingerprint density at radius 2 is 0.941 bits per heavy atom. The quantitative estimate of drug-likeness (QED) is 0.0335. The molecule has 0 aromatic carbocycles. The zero-order chi connectivity index (χ0) is 81.1. The number of carbonyl (C=O) groups excluding carboxylic acids is 3. The molecule has 0 aliphatic heterocycles. The van der Waals surface area contributed by atoms with Crippen LogP contribution in [0.2, 0.25) is 0 Å². The molecule has 10 N–H and O–H groups in total. The van der Waals surface area contributed by atoms with Crippen LogP contribution < -0.4 is 51.7 Å². The second kappa shape index (κ2) is 41.7. The molecule has 0 spiro atoms. The van der Waals surface area contributed by atoms with Crippen LogP contribution >= 0.6 is 12.4 Å². The summed E-state index contributed by atoms with van der Waals surface area (Å²) in [7, 11) is -0.662. The number of hydrogen-bond acceptors (Lipinski definition) is 29. The van der Waals surface area contributed by atoms with Crippen molar-refractivity contribution in [2.24, 2.45) is 11.8 Å². The molecule has 0 radical (unpaired) electrons. The van der Waals surface area contributed by atoms with Gasteiger partial charge in [-0.25, -0.2) is 70.6 Å². The van der Waals surface area contributed by atoms with Crippen LogP contribution in [-0.4, -0.2) is 176 Å². The summed E-state index contributed by atoms with van der Waals surface area (Å²) in [4.78, 5) is 49.6. The van der Waals surface area contributed by atoms with Crippen molar-refractivity contribution in [2.75, 3.05) is 49.5 Å². The molecule has 44 heteroatoms. The molecular formula is C74H86ClN32NaO9S. The van der Waals surface area contributed by atoms with Gasteiger partial charge < -0.3 is 41.0 Å². The van der Waals surface area contributed by atoms with E-state index in [-0.39, 0.29) is 102 Å². The van der Waals surface area contributed by atoms with E-state index in [1.807, 2.05) is 152 Å². The Bertz CT molecular complexity index is 6020. The number of H-pyrrole nitrogens is 1. The summed E-state index contributed by atoms with van der Waals surface area (Å²) in [5, 5.41) is 69.3. The Labute approximate surface area is 703 Å². The SMILES string of the molecule is CCOC(C)n1cc(-c2nc(N)nn3cccc23)cn1.CCOC(C)n1cc(-c2nc(NC(=O)OC)nn3cccc23)cn1.CNc1nc(-c2cnn(C(CC#N)C3CCCC3)c2)c2cccn2n1.Cl.N#CCC(C1CCCC1)n1cc(-c2nc(CS(=N)(=O)O)nn3cccc23)cn1.Nc1nc(-c2cn[nH]c2)c2cccn2n1.O=C=O.[Na+].[OH-]. The Hall–Kier alpha value is -12.7. The number of ether oxygens (including phenoxy) is 3. The average molecular weight is 1660 g/mol. The molecule has 2 saturated carbocycles. The normalized spacial score (nSPS) is 13.9. The number of amides is 1. The first-order valence-corrected chi connectivity index (χ1v) is 38.4. The Morgan fingerprint density at radius 1 is 0.585 bits per heavy atom. The largest absolute Gasteiger partial charge is 1.00 e. The molecular weight excluding hydrogens is 1570 g/mol. The molecule has 17 rings (SSSR count). The van der Waals surface area contributed by atoms with Crippen molar-refractivity contribution >= 4 is 86.0 Å².